The molecule has 5 heteroatoms. The second-order valence-electron chi connectivity index (χ2n) is 6.47. The van der Waals surface area contributed by atoms with Gasteiger partial charge in [0.1, 0.15) is 0 Å². The highest BCUT2D eigenvalue weighted by Gasteiger charge is 2.09. The van der Waals surface area contributed by atoms with E-state index in [1.54, 1.807) is 36.5 Å². The number of pyridine rings is 1. The van der Waals surface area contributed by atoms with Crippen LogP contribution in [-0.2, 0) is 0 Å². The van der Waals surface area contributed by atoms with Gasteiger partial charge in [-0.1, -0.05) is 6.07 Å². The van der Waals surface area contributed by atoms with E-state index in [2.05, 4.69) is 35.5 Å². The number of amides is 1. The summed E-state index contributed by atoms with van der Waals surface area (Å²) >= 11 is 0. The Morgan fingerprint density at radius 3 is 2.15 bits per heavy atom. The predicted molar refractivity (Wildman–Crippen MR) is 108 cm³/mol. The highest BCUT2D eigenvalue weighted by molar-refractivity contribution is 6.05. The van der Waals surface area contributed by atoms with E-state index in [4.69, 9.17) is 0 Å². The number of nitrogens with one attached hydrogen (secondary N) is 2. The van der Waals surface area contributed by atoms with Crippen molar-refractivity contribution >= 4 is 28.8 Å². The Labute approximate surface area is 158 Å². The summed E-state index contributed by atoms with van der Waals surface area (Å²) in [5.41, 5.74) is 5.76. The molecule has 0 atom stereocenters. The summed E-state index contributed by atoms with van der Waals surface area (Å²) in [5.74, 6) is -0.274. The van der Waals surface area contributed by atoms with Crippen LogP contribution in [0.4, 0.5) is 17.1 Å². The number of hydrogen-bond donors (Lipinski definition) is 2. The normalized spacial score (nSPS) is 10.3. The summed E-state index contributed by atoms with van der Waals surface area (Å²) in [6.07, 6.45) is 3.19. The zero-order valence-corrected chi connectivity index (χ0v) is 15.5. The monoisotopic (exact) mass is 359 g/mol. The van der Waals surface area contributed by atoms with Crippen LogP contribution in [0.5, 0.6) is 0 Å². The summed E-state index contributed by atoms with van der Waals surface area (Å²) in [6, 6.07) is 14.6. The highest BCUT2D eigenvalue weighted by Crippen LogP contribution is 2.20. The third-order valence-electron chi connectivity index (χ3n) is 4.35. The molecule has 0 saturated heterocycles. The van der Waals surface area contributed by atoms with Crippen molar-refractivity contribution in [2.75, 3.05) is 10.6 Å². The maximum atomic E-state index is 12.5. The van der Waals surface area contributed by atoms with Crippen LogP contribution < -0.4 is 10.6 Å². The Bertz CT molecular complexity index is 995. The summed E-state index contributed by atoms with van der Waals surface area (Å²) < 4.78 is 0. The van der Waals surface area contributed by atoms with E-state index in [1.165, 1.54) is 24.2 Å². The number of aryl methyl sites for hydroxylation is 2. The average molecular weight is 359 g/mol. The van der Waals surface area contributed by atoms with Gasteiger partial charge in [-0.25, -0.2) is 0 Å². The lowest BCUT2D eigenvalue weighted by Gasteiger charge is -2.10. The Balaban J connectivity index is 1.73. The van der Waals surface area contributed by atoms with Gasteiger partial charge in [0.15, 0.2) is 5.78 Å². The Hall–Kier alpha value is -3.47. The first kappa shape index (κ1) is 18.3. The Morgan fingerprint density at radius 1 is 0.778 bits per heavy atom. The predicted octanol–water partition coefficient (Wildman–Crippen LogP) is 4.90. The van der Waals surface area contributed by atoms with E-state index in [1.807, 2.05) is 12.1 Å². The number of anilines is 3. The molecular weight excluding hydrogens is 338 g/mol. The van der Waals surface area contributed by atoms with Crippen molar-refractivity contribution in [2.45, 2.75) is 20.8 Å². The van der Waals surface area contributed by atoms with Crippen LogP contribution >= 0.6 is 0 Å². The van der Waals surface area contributed by atoms with Crippen molar-refractivity contribution in [3.05, 3.63) is 83.2 Å². The van der Waals surface area contributed by atoms with E-state index in [0.717, 1.165) is 11.4 Å². The van der Waals surface area contributed by atoms with Crippen molar-refractivity contribution in [3.63, 3.8) is 0 Å². The molecule has 27 heavy (non-hydrogen) atoms. The van der Waals surface area contributed by atoms with E-state index in [0.29, 0.717) is 16.8 Å². The van der Waals surface area contributed by atoms with Crippen LogP contribution in [-0.4, -0.2) is 16.7 Å². The standard InChI is InChI=1S/C22H21N3O2/c1-14-4-7-20(10-15(14)2)24-21-11-18(12-23-13-21)22(27)25-19-8-5-17(6-9-19)16(3)26/h4-13,24H,1-3H3,(H,25,27). The summed E-state index contributed by atoms with van der Waals surface area (Å²) in [5, 5.41) is 6.09. The molecule has 0 fully saturated rings. The van der Waals surface area contributed by atoms with Gasteiger partial charge in [0, 0.05) is 23.1 Å². The lowest BCUT2D eigenvalue weighted by Crippen LogP contribution is -2.12. The zero-order valence-electron chi connectivity index (χ0n) is 15.5. The highest BCUT2D eigenvalue weighted by atomic mass is 16.1. The molecule has 0 spiro atoms. The van der Waals surface area contributed by atoms with Crippen molar-refractivity contribution in [1.29, 1.82) is 0 Å². The van der Waals surface area contributed by atoms with Gasteiger partial charge < -0.3 is 10.6 Å². The zero-order chi connectivity index (χ0) is 19.4. The molecule has 2 aromatic carbocycles. The van der Waals surface area contributed by atoms with Gasteiger partial charge in [0.25, 0.3) is 5.91 Å². The van der Waals surface area contributed by atoms with Crippen LogP contribution in [0.2, 0.25) is 0 Å². The molecule has 1 amide bonds. The van der Waals surface area contributed by atoms with Crippen LogP contribution in [0.3, 0.4) is 0 Å². The molecule has 0 unspecified atom stereocenters. The topological polar surface area (TPSA) is 71.1 Å². The summed E-state index contributed by atoms with van der Waals surface area (Å²) in [7, 11) is 0. The van der Waals surface area contributed by atoms with E-state index < -0.39 is 0 Å². The molecular formula is C22H21N3O2. The molecule has 0 aliphatic carbocycles. The molecule has 0 bridgehead atoms. The van der Waals surface area contributed by atoms with Crippen molar-refractivity contribution in [1.82, 2.24) is 4.98 Å². The van der Waals surface area contributed by atoms with Gasteiger partial charge in [-0.3, -0.25) is 14.6 Å². The maximum Gasteiger partial charge on any atom is 0.257 e. The van der Waals surface area contributed by atoms with Gasteiger partial charge in [-0.2, -0.15) is 0 Å². The Morgan fingerprint density at radius 2 is 1.48 bits per heavy atom. The maximum absolute atomic E-state index is 12.5. The van der Waals surface area contributed by atoms with Gasteiger partial charge in [0.05, 0.1) is 17.4 Å². The van der Waals surface area contributed by atoms with Crippen LogP contribution in [0.25, 0.3) is 0 Å². The molecule has 0 radical (unpaired) electrons. The van der Waals surface area contributed by atoms with E-state index in [-0.39, 0.29) is 11.7 Å². The summed E-state index contributed by atoms with van der Waals surface area (Å²) in [6.45, 7) is 5.63. The lowest BCUT2D eigenvalue weighted by molar-refractivity contribution is 0.101. The molecule has 1 heterocycles. The molecule has 3 aromatic rings. The molecule has 2 N–H and O–H groups in total. The fraction of sp³-hybridized carbons (Fsp3) is 0.136. The second-order valence-corrected chi connectivity index (χ2v) is 6.47. The van der Waals surface area contributed by atoms with Crippen LogP contribution in [0.1, 0.15) is 38.8 Å². The minimum Gasteiger partial charge on any atom is -0.354 e. The quantitative estimate of drug-likeness (QED) is 0.636. The fourth-order valence-corrected chi connectivity index (χ4v) is 2.61. The minimum absolute atomic E-state index is 0.0119. The lowest BCUT2D eigenvalue weighted by atomic mass is 10.1. The molecule has 3 rings (SSSR count). The number of hydrogen-bond acceptors (Lipinski definition) is 4. The summed E-state index contributed by atoms with van der Waals surface area (Å²) in [4.78, 5) is 28.0. The first-order chi connectivity index (χ1) is 12.9. The number of carbonyl (C=O) groups excluding carboxylic acids is 2. The number of nitrogens with zero attached hydrogens (tertiary/aromatic N) is 1. The largest absolute Gasteiger partial charge is 0.354 e. The molecule has 0 saturated carbocycles. The van der Waals surface area contributed by atoms with E-state index in [9.17, 15) is 9.59 Å². The first-order valence-corrected chi connectivity index (χ1v) is 8.64. The number of carbonyl (C=O) groups is 2. The van der Waals surface area contributed by atoms with Gasteiger partial charge in [0.2, 0.25) is 0 Å². The molecule has 0 aliphatic rings. The third kappa shape index (κ3) is 4.58. The van der Waals surface area contributed by atoms with E-state index >= 15 is 0 Å². The number of rotatable bonds is 5. The van der Waals surface area contributed by atoms with Crippen LogP contribution in [0.15, 0.2) is 60.9 Å². The van der Waals surface area contributed by atoms with Crippen molar-refractivity contribution < 1.29 is 9.59 Å². The number of benzene rings is 2. The third-order valence-corrected chi connectivity index (χ3v) is 4.35. The second kappa shape index (κ2) is 7.83. The first-order valence-electron chi connectivity index (χ1n) is 8.64. The number of Topliss-reactive ketones (excluding diaryl/α,β-unsaturated/α-hetero) is 1. The fourth-order valence-electron chi connectivity index (χ4n) is 2.61. The smallest absolute Gasteiger partial charge is 0.257 e. The van der Waals surface area contributed by atoms with Gasteiger partial charge >= 0.3 is 0 Å². The number of ketones is 1. The van der Waals surface area contributed by atoms with Crippen LogP contribution in [0, 0.1) is 13.8 Å². The van der Waals surface area contributed by atoms with Gasteiger partial charge in [-0.15, -0.1) is 0 Å². The molecule has 0 aliphatic heterocycles. The molecule has 1 aromatic heterocycles. The van der Waals surface area contributed by atoms with Crippen molar-refractivity contribution in [2.24, 2.45) is 0 Å². The minimum atomic E-state index is -0.262. The Kier molecular flexibility index (Phi) is 5.31. The number of aromatic nitrogens is 1. The molecule has 136 valence electrons. The SMILES string of the molecule is CC(=O)c1ccc(NC(=O)c2cncc(Nc3ccc(C)c(C)c3)c2)cc1. The van der Waals surface area contributed by atoms with Gasteiger partial charge in [-0.05, 0) is 74.4 Å². The van der Waals surface area contributed by atoms with Crippen molar-refractivity contribution in [3.8, 4) is 0 Å². The average Bonchev–Trinajstić information content (AvgIpc) is 2.65. The molecule has 5 nitrogen and oxygen atoms in total.